The van der Waals surface area contributed by atoms with Gasteiger partial charge in [0, 0.05) is 26.9 Å². The van der Waals surface area contributed by atoms with Crippen LogP contribution in [0.2, 0.25) is 0 Å². The summed E-state index contributed by atoms with van der Waals surface area (Å²) in [7, 11) is 9.06. The number of rotatable bonds is 7. The summed E-state index contributed by atoms with van der Waals surface area (Å²) >= 11 is 0. The molecule has 0 heterocycles. The fourth-order valence-electron chi connectivity index (χ4n) is 1.86. The third kappa shape index (κ3) is 2.75. The van der Waals surface area contributed by atoms with Gasteiger partial charge in [-0.15, -0.1) is 0 Å². The lowest BCUT2D eigenvalue weighted by atomic mass is 10.1. The second-order valence-electron chi connectivity index (χ2n) is 3.58. The maximum absolute atomic E-state index is 5.30. The number of benzene rings is 1. The predicted octanol–water partition coefficient (Wildman–Crippen LogP) is 1.76. The number of hydrogen-bond acceptors (Lipinski definition) is 6. The average molecular weight is 272 g/mol. The standard InChI is InChI=1S/C13H20O6/c1-14-10-7-9(13(17-4,18-5)19-6)8-11(15-2)12(10)16-3/h7-8H,1-6H3. The van der Waals surface area contributed by atoms with Crippen LogP contribution in [0.15, 0.2) is 12.1 Å². The molecule has 0 fully saturated rings. The molecule has 0 atom stereocenters. The molecule has 0 aliphatic carbocycles. The van der Waals surface area contributed by atoms with Crippen LogP contribution in [0, 0.1) is 0 Å². The van der Waals surface area contributed by atoms with Gasteiger partial charge in [0.2, 0.25) is 5.75 Å². The molecule has 6 heteroatoms. The molecule has 0 unspecified atom stereocenters. The van der Waals surface area contributed by atoms with Gasteiger partial charge in [0.1, 0.15) is 0 Å². The maximum Gasteiger partial charge on any atom is 0.311 e. The molecule has 0 spiro atoms. The molecule has 19 heavy (non-hydrogen) atoms. The van der Waals surface area contributed by atoms with E-state index in [4.69, 9.17) is 28.4 Å². The Balaban J connectivity index is 3.44. The zero-order valence-corrected chi connectivity index (χ0v) is 12.1. The van der Waals surface area contributed by atoms with E-state index in [1.54, 1.807) is 12.1 Å². The first-order valence-electron chi connectivity index (χ1n) is 5.58. The Hall–Kier alpha value is -1.50. The van der Waals surface area contributed by atoms with Crippen molar-refractivity contribution in [3.63, 3.8) is 0 Å². The van der Waals surface area contributed by atoms with Gasteiger partial charge in [-0.1, -0.05) is 0 Å². The second kappa shape index (κ2) is 6.60. The Kier molecular flexibility index (Phi) is 5.41. The average Bonchev–Trinajstić information content (AvgIpc) is 2.48. The molecule has 0 radical (unpaired) electrons. The van der Waals surface area contributed by atoms with Gasteiger partial charge in [0.15, 0.2) is 11.5 Å². The monoisotopic (exact) mass is 272 g/mol. The Morgan fingerprint density at radius 1 is 0.684 bits per heavy atom. The highest BCUT2D eigenvalue weighted by Crippen LogP contribution is 2.42. The lowest BCUT2D eigenvalue weighted by Gasteiger charge is -2.29. The van der Waals surface area contributed by atoms with Crippen molar-refractivity contribution in [2.75, 3.05) is 42.7 Å². The summed E-state index contributed by atoms with van der Waals surface area (Å²) in [5.74, 6) is 0.151. The minimum absolute atomic E-state index is 0.492. The van der Waals surface area contributed by atoms with Crippen LogP contribution in [0.25, 0.3) is 0 Å². The van der Waals surface area contributed by atoms with E-state index in [9.17, 15) is 0 Å². The van der Waals surface area contributed by atoms with Crippen molar-refractivity contribution < 1.29 is 28.4 Å². The Bertz CT molecular complexity index is 380. The minimum Gasteiger partial charge on any atom is -0.493 e. The highest BCUT2D eigenvalue weighted by Gasteiger charge is 2.34. The topological polar surface area (TPSA) is 55.4 Å². The lowest BCUT2D eigenvalue weighted by Crippen LogP contribution is -2.33. The summed E-state index contributed by atoms with van der Waals surface area (Å²) in [6, 6.07) is 3.41. The molecule has 0 aliphatic heterocycles. The van der Waals surface area contributed by atoms with E-state index in [-0.39, 0.29) is 0 Å². The largest absolute Gasteiger partial charge is 0.493 e. The Morgan fingerprint density at radius 2 is 1.11 bits per heavy atom. The Morgan fingerprint density at radius 3 is 1.37 bits per heavy atom. The number of hydrogen-bond donors (Lipinski definition) is 0. The van der Waals surface area contributed by atoms with Crippen molar-refractivity contribution in [1.29, 1.82) is 0 Å². The van der Waals surface area contributed by atoms with E-state index in [0.717, 1.165) is 0 Å². The molecular formula is C13H20O6. The molecule has 0 bridgehead atoms. The molecule has 108 valence electrons. The maximum atomic E-state index is 5.30. The van der Waals surface area contributed by atoms with Crippen LogP contribution in [0.5, 0.6) is 17.2 Å². The van der Waals surface area contributed by atoms with E-state index in [2.05, 4.69) is 0 Å². The molecule has 0 saturated carbocycles. The first-order chi connectivity index (χ1) is 9.12. The highest BCUT2D eigenvalue weighted by atomic mass is 16.9. The van der Waals surface area contributed by atoms with Gasteiger partial charge >= 0.3 is 5.97 Å². The molecule has 1 rings (SSSR count). The third-order valence-corrected chi connectivity index (χ3v) is 2.82. The van der Waals surface area contributed by atoms with E-state index in [0.29, 0.717) is 22.8 Å². The van der Waals surface area contributed by atoms with Crippen molar-refractivity contribution in [1.82, 2.24) is 0 Å². The normalized spacial score (nSPS) is 11.3. The van der Waals surface area contributed by atoms with Gasteiger partial charge < -0.3 is 28.4 Å². The number of ether oxygens (including phenoxy) is 6. The molecule has 1 aromatic carbocycles. The summed E-state index contributed by atoms with van der Waals surface area (Å²) in [4.78, 5) is 0. The molecule has 0 aromatic heterocycles. The van der Waals surface area contributed by atoms with Gasteiger partial charge in [-0.25, -0.2) is 0 Å². The van der Waals surface area contributed by atoms with Crippen molar-refractivity contribution in [3.05, 3.63) is 17.7 Å². The van der Waals surface area contributed by atoms with Gasteiger partial charge in [-0.05, 0) is 12.1 Å². The van der Waals surface area contributed by atoms with Crippen LogP contribution in [0.4, 0.5) is 0 Å². The molecule has 0 amide bonds. The van der Waals surface area contributed by atoms with Gasteiger partial charge in [-0.2, -0.15) is 0 Å². The van der Waals surface area contributed by atoms with Crippen molar-refractivity contribution in [2.45, 2.75) is 5.97 Å². The number of methoxy groups -OCH3 is 6. The molecular weight excluding hydrogens is 252 g/mol. The molecule has 6 nitrogen and oxygen atoms in total. The first kappa shape index (κ1) is 15.6. The quantitative estimate of drug-likeness (QED) is 0.705. The highest BCUT2D eigenvalue weighted by molar-refractivity contribution is 5.54. The smallest absolute Gasteiger partial charge is 0.311 e. The zero-order chi connectivity index (χ0) is 14.5. The van der Waals surface area contributed by atoms with Crippen molar-refractivity contribution in [3.8, 4) is 17.2 Å². The lowest BCUT2D eigenvalue weighted by molar-refractivity contribution is -0.364. The van der Waals surface area contributed by atoms with E-state index in [1.807, 2.05) is 0 Å². The third-order valence-electron chi connectivity index (χ3n) is 2.82. The molecule has 0 aliphatic rings. The van der Waals surface area contributed by atoms with E-state index >= 15 is 0 Å². The zero-order valence-electron chi connectivity index (χ0n) is 12.1. The van der Waals surface area contributed by atoms with Crippen LogP contribution in [-0.4, -0.2) is 42.7 Å². The van der Waals surface area contributed by atoms with Gasteiger partial charge in [0.05, 0.1) is 21.3 Å². The van der Waals surface area contributed by atoms with Crippen LogP contribution in [0.1, 0.15) is 5.56 Å². The molecule has 1 aromatic rings. The summed E-state index contributed by atoms with van der Waals surface area (Å²) < 4.78 is 31.7. The predicted molar refractivity (Wildman–Crippen MR) is 68.8 cm³/mol. The summed E-state index contributed by atoms with van der Waals surface area (Å²) in [6.45, 7) is 0. The van der Waals surface area contributed by atoms with Crippen LogP contribution < -0.4 is 14.2 Å². The summed E-state index contributed by atoms with van der Waals surface area (Å²) in [5, 5.41) is 0. The SMILES string of the molecule is COc1cc(C(OC)(OC)OC)cc(OC)c1OC. The fourth-order valence-corrected chi connectivity index (χ4v) is 1.86. The van der Waals surface area contributed by atoms with Crippen LogP contribution in [0.3, 0.4) is 0 Å². The van der Waals surface area contributed by atoms with Crippen LogP contribution in [-0.2, 0) is 20.2 Å². The van der Waals surface area contributed by atoms with E-state index in [1.165, 1.54) is 42.7 Å². The first-order valence-corrected chi connectivity index (χ1v) is 5.58. The van der Waals surface area contributed by atoms with Gasteiger partial charge in [-0.3, -0.25) is 0 Å². The van der Waals surface area contributed by atoms with Crippen molar-refractivity contribution in [2.24, 2.45) is 0 Å². The second-order valence-corrected chi connectivity index (χ2v) is 3.58. The van der Waals surface area contributed by atoms with Gasteiger partial charge in [0.25, 0.3) is 0 Å². The van der Waals surface area contributed by atoms with Crippen LogP contribution >= 0.6 is 0 Å². The fraction of sp³-hybridized carbons (Fsp3) is 0.538. The minimum atomic E-state index is -1.33. The molecule has 0 N–H and O–H groups in total. The Labute approximate surface area is 113 Å². The summed E-state index contributed by atoms with van der Waals surface area (Å²) in [6.07, 6.45) is 0. The summed E-state index contributed by atoms with van der Waals surface area (Å²) in [5.41, 5.74) is 0.592. The van der Waals surface area contributed by atoms with Crippen molar-refractivity contribution >= 4 is 0 Å². The molecule has 0 saturated heterocycles. The van der Waals surface area contributed by atoms with E-state index < -0.39 is 5.97 Å².